The molecular weight excluding hydrogens is 391 g/mol. The zero-order chi connectivity index (χ0) is 18.4. The molecule has 1 aliphatic rings. The third kappa shape index (κ3) is 2.96. The van der Waals surface area contributed by atoms with E-state index in [0.717, 1.165) is 12.1 Å². The Morgan fingerprint density at radius 1 is 1.31 bits per heavy atom. The third-order valence-corrected chi connectivity index (χ3v) is 6.00. The fraction of sp³-hybridized carbons (Fsp3) is 0.278. The number of carbonyl (C=O) groups excluding carboxylic acids is 1. The highest BCUT2D eigenvalue weighted by Crippen LogP contribution is 2.35. The van der Waals surface area contributed by atoms with E-state index in [4.69, 9.17) is 23.2 Å². The predicted octanol–water partition coefficient (Wildman–Crippen LogP) is 4.49. The zero-order valence-corrected chi connectivity index (χ0v) is 16.5. The van der Waals surface area contributed by atoms with Gasteiger partial charge in [0.15, 0.2) is 10.8 Å². The summed E-state index contributed by atoms with van der Waals surface area (Å²) in [5, 5.41) is 9.45. The predicted molar refractivity (Wildman–Crippen MR) is 105 cm³/mol. The van der Waals surface area contributed by atoms with E-state index < -0.39 is 0 Å². The molecule has 0 unspecified atom stereocenters. The van der Waals surface area contributed by atoms with Crippen molar-refractivity contribution in [2.75, 3.05) is 4.90 Å². The van der Waals surface area contributed by atoms with E-state index in [-0.39, 0.29) is 17.2 Å². The molecule has 2 aromatic heterocycles. The van der Waals surface area contributed by atoms with Crippen molar-refractivity contribution < 1.29 is 4.79 Å². The minimum absolute atomic E-state index is 0.0531. The molecule has 3 aromatic rings. The Labute approximate surface area is 165 Å². The van der Waals surface area contributed by atoms with Gasteiger partial charge in [-0.3, -0.25) is 9.20 Å². The first-order valence-electron chi connectivity index (χ1n) is 8.23. The fourth-order valence-corrected chi connectivity index (χ4v) is 4.67. The minimum atomic E-state index is -0.325. The summed E-state index contributed by atoms with van der Waals surface area (Å²) in [6, 6.07) is 9.81. The number of halogens is 2. The summed E-state index contributed by atoms with van der Waals surface area (Å²) in [4.78, 5) is 15.0. The van der Waals surface area contributed by atoms with E-state index >= 15 is 0 Å². The van der Waals surface area contributed by atoms with Crippen molar-refractivity contribution >= 4 is 52.2 Å². The molecule has 0 bridgehead atoms. The molecule has 0 fully saturated rings. The Morgan fingerprint density at radius 2 is 2.08 bits per heavy atom. The number of nitrogens with zero attached hydrogens (tertiary/aromatic N) is 4. The van der Waals surface area contributed by atoms with E-state index in [1.807, 2.05) is 30.0 Å². The Bertz CT molecular complexity index is 1010. The molecule has 0 aliphatic carbocycles. The van der Waals surface area contributed by atoms with Crippen LogP contribution in [0.5, 0.6) is 0 Å². The van der Waals surface area contributed by atoms with E-state index in [0.29, 0.717) is 20.8 Å². The normalized spacial score (nSPS) is 17.5. The highest BCUT2D eigenvalue weighted by molar-refractivity contribution is 8.00. The summed E-state index contributed by atoms with van der Waals surface area (Å²) in [7, 11) is 0. The van der Waals surface area contributed by atoms with Gasteiger partial charge in [0.05, 0.1) is 15.3 Å². The minimum Gasteiger partial charge on any atom is -0.308 e. The largest absolute Gasteiger partial charge is 0.308 e. The van der Waals surface area contributed by atoms with Crippen LogP contribution in [0.15, 0.2) is 41.7 Å². The van der Waals surface area contributed by atoms with Crippen LogP contribution in [0.1, 0.15) is 19.4 Å². The summed E-state index contributed by atoms with van der Waals surface area (Å²) in [6.45, 7) is 3.95. The Hall–Kier alpha value is -1.76. The summed E-state index contributed by atoms with van der Waals surface area (Å²) in [5.41, 5.74) is 2.73. The van der Waals surface area contributed by atoms with E-state index in [1.54, 1.807) is 16.7 Å². The zero-order valence-electron chi connectivity index (χ0n) is 14.2. The van der Waals surface area contributed by atoms with Gasteiger partial charge in [-0.2, -0.15) is 0 Å². The molecule has 8 heteroatoms. The van der Waals surface area contributed by atoms with E-state index in [9.17, 15) is 4.79 Å². The number of amides is 1. The summed E-state index contributed by atoms with van der Waals surface area (Å²) >= 11 is 13.6. The van der Waals surface area contributed by atoms with Gasteiger partial charge in [-0.25, -0.2) is 0 Å². The first-order chi connectivity index (χ1) is 12.5. The van der Waals surface area contributed by atoms with Gasteiger partial charge >= 0.3 is 0 Å². The van der Waals surface area contributed by atoms with Crippen molar-refractivity contribution in [2.24, 2.45) is 0 Å². The molecule has 1 aromatic carbocycles. The highest BCUT2D eigenvalue weighted by Gasteiger charge is 2.33. The van der Waals surface area contributed by atoms with Crippen molar-refractivity contribution in [3.63, 3.8) is 0 Å². The Morgan fingerprint density at radius 3 is 2.88 bits per heavy atom. The van der Waals surface area contributed by atoms with Crippen LogP contribution in [-0.4, -0.2) is 31.8 Å². The van der Waals surface area contributed by atoms with Gasteiger partial charge in [0.2, 0.25) is 5.91 Å². The number of thioether (sulfide) groups is 1. The summed E-state index contributed by atoms with van der Waals surface area (Å²) < 4.78 is 1.72. The molecule has 0 radical (unpaired) electrons. The van der Waals surface area contributed by atoms with Crippen LogP contribution in [0.25, 0.3) is 5.65 Å². The molecule has 26 heavy (non-hydrogen) atoms. The number of hydrogen-bond donors (Lipinski definition) is 0. The number of rotatable bonds is 3. The molecule has 134 valence electrons. The van der Waals surface area contributed by atoms with Gasteiger partial charge in [0.25, 0.3) is 0 Å². The Kier molecular flexibility index (Phi) is 4.59. The highest BCUT2D eigenvalue weighted by atomic mass is 35.5. The van der Waals surface area contributed by atoms with Gasteiger partial charge in [-0.1, -0.05) is 53.2 Å². The topological polar surface area (TPSA) is 50.5 Å². The lowest BCUT2D eigenvalue weighted by atomic mass is 10.1. The van der Waals surface area contributed by atoms with E-state index in [2.05, 4.69) is 23.2 Å². The second kappa shape index (κ2) is 6.76. The number of para-hydroxylation sites is 1. The molecule has 4 rings (SSSR count). The number of anilines is 1. The van der Waals surface area contributed by atoms with Crippen LogP contribution in [0, 0.1) is 0 Å². The number of fused-ring (bicyclic) bond motifs is 2. The number of pyridine rings is 1. The number of carbonyl (C=O) groups is 1. The molecule has 0 saturated heterocycles. The molecule has 2 atom stereocenters. The Balaban J connectivity index is 1.61. The lowest BCUT2D eigenvalue weighted by molar-refractivity contribution is -0.118. The molecular formula is C18H16Cl2N4OS. The quantitative estimate of drug-likeness (QED) is 0.601. The fourth-order valence-electron chi connectivity index (χ4n) is 3.29. The monoisotopic (exact) mass is 406 g/mol. The van der Waals surface area contributed by atoms with Crippen molar-refractivity contribution in [1.82, 2.24) is 14.6 Å². The molecule has 0 spiro atoms. The summed E-state index contributed by atoms with van der Waals surface area (Å²) in [6.07, 6.45) is 2.58. The maximum atomic E-state index is 13.1. The SMILES string of the molecule is C[C@H](Sc1nnc2c(Cl)cc(Cl)cn12)C(=O)N1c2ccccc2C[C@@H]1C. The van der Waals surface area contributed by atoms with Crippen molar-refractivity contribution in [3.8, 4) is 0 Å². The van der Waals surface area contributed by atoms with Crippen molar-refractivity contribution in [2.45, 2.75) is 36.7 Å². The van der Waals surface area contributed by atoms with Crippen LogP contribution >= 0.6 is 35.0 Å². The second-order valence-electron chi connectivity index (χ2n) is 6.33. The van der Waals surface area contributed by atoms with Gasteiger partial charge in [0.1, 0.15) is 0 Å². The number of aromatic nitrogens is 3. The number of benzene rings is 1. The van der Waals surface area contributed by atoms with Crippen LogP contribution in [-0.2, 0) is 11.2 Å². The smallest absolute Gasteiger partial charge is 0.240 e. The lowest BCUT2D eigenvalue weighted by Crippen LogP contribution is -2.40. The molecule has 3 heterocycles. The first kappa shape index (κ1) is 17.6. The molecule has 1 amide bonds. The van der Waals surface area contributed by atoms with Crippen LogP contribution in [0.2, 0.25) is 10.0 Å². The van der Waals surface area contributed by atoms with Crippen molar-refractivity contribution in [1.29, 1.82) is 0 Å². The standard InChI is InChI=1S/C18H16Cl2N4OS/c1-10-7-12-5-3-4-6-15(12)24(10)17(25)11(2)26-18-22-21-16-14(20)8-13(19)9-23(16)18/h3-6,8-11H,7H2,1-2H3/t10-,11-/m0/s1. The van der Waals surface area contributed by atoms with E-state index in [1.165, 1.54) is 17.3 Å². The van der Waals surface area contributed by atoms with Crippen LogP contribution in [0.3, 0.4) is 0 Å². The summed E-state index contributed by atoms with van der Waals surface area (Å²) in [5.74, 6) is 0.0531. The third-order valence-electron chi connectivity index (χ3n) is 4.47. The second-order valence-corrected chi connectivity index (χ2v) is 8.48. The van der Waals surface area contributed by atoms with Gasteiger partial charge in [0, 0.05) is 17.9 Å². The van der Waals surface area contributed by atoms with Crippen LogP contribution in [0.4, 0.5) is 5.69 Å². The van der Waals surface area contributed by atoms with Gasteiger partial charge < -0.3 is 4.90 Å². The number of hydrogen-bond acceptors (Lipinski definition) is 4. The average molecular weight is 407 g/mol. The maximum absolute atomic E-state index is 13.1. The molecule has 5 nitrogen and oxygen atoms in total. The van der Waals surface area contributed by atoms with Gasteiger partial charge in [-0.05, 0) is 38.0 Å². The van der Waals surface area contributed by atoms with Gasteiger partial charge in [-0.15, -0.1) is 10.2 Å². The molecule has 0 N–H and O–H groups in total. The lowest BCUT2D eigenvalue weighted by Gasteiger charge is -2.25. The maximum Gasteiger partial charge on any atom is 0.240 e. The van der Waals surface area contributed by atoms with Crippen molar-refractivity contribution in [3.05, 3.63) is 52.1 Å². The average Bonchev–Trinajstić information content (AvgIpc) is 3.14. The molecule has 0 saturated carbocycles. The molecule has 1 aliphatic heterocycles. The first-order valence-corrected chi connectivity index (χ1v) is 9.86. The van der Waals surface area contributed by atoms with Crippen LogP contribution < -0.4 is 4.90 Å².